The predicted octanol–water partition coefficient (Wildman–Crippen LogP) is 3.07. The van der Waals surface area contributed by atoms with Gasteiger partial charge in [0.25, 0.3) is 5.91 Å². The molecule has 1 aromatic carbocycles. The van der Waals surface area contributed by atoms with Gasteiger partial charge in [-0.1, -0.05) is 30.3 Å². The number of carbonyl (C=O) groups excluding carboxylic acids is 1. The third kappa shape index (κ3) is 3.49. The number of rotatable bonds is 5. The quantitative estimate of drug-likeness (QED) is 0.912. The summed E-state index contributed by atoms with van der Waals surface area (Å²) in [6.45, 7) is 0.535. The summed E-state index contributed by atoms with van der Waals surface area (Å²) in [5, 5.41) is 2.94. The number of furan rings is 1. The van der Waals surface area contributed by atoms with E-state index in [0.29, 0.717) is 16.8 Å². The molecule has 5 heteroatoms. The van der Waals surface area contributed by atoms with Crippen LogP contribution in [0.2, 0.25) is 0 Å². The van der Waals surface area contributed by atoms with E-state index in [1.165, 1.54) is 11.8 Å². The van der Waals surface area contributed by atoms with E-state index in [9.17, 15) is 4.79 Å². The molecule has 0 spiro atoms. The van der Waals surface area contributed by atoms with Crippen molar-refractivity contribution in [3.05, 3.63) is 58.5 Å². The van der Waals surface area contributed by atoms with Crippen LogP contribution in [-0.4, -0.2) is 31.4 Å². The second-order valence-electron chi connectivity index (χ2n) is 4.71. The smallest absolute Gasteiger partial charge is 0.255 e. The molecule has 2 aromatic rings. The molecule has 1 N–H and O–H groups in total. The van der Waals surface area contributed by atoms with Crippen molar-refractivity contribution >= 4 is 21.8 Å². The van der Waals surface area contributed by atoms with E-state index in [-0.39, 0.29) is 11.9 Å². The molecule has 0 aliphatic carbocycles. The monoisotopic (exact) mass is 336 g/mol. The highest BCUT2D eigenvalue weighted by Gasteiger charge is 2.17. The fourth-order valence-corrected chi connectivity index (χ4v) is 2.43. The first-order valence-corrected chi connectivity index (χ1v) is 7.11. The highest BCUT2D eigenvalue weighted by molar-refractivity contribution is 9.10. The molecule has 1 amide bonds. The molecule has 0 radical (unpaired) electrons. The zero-order valence-electron chi connectivity index (χ0n) is 11.5. The minimum atomic E-state index is -0.145. The van der Waals surface area contributed by atoms with Crippen molar-refractivity contribution in [3.63, 3.8) is 0 Å². The van der Waals surface area contributed by atoms with Gasteiger partial charge >= 0.3 is 0 Å². The summed E-state index contributed by atoms with van der Waals surface area (Å²) in [4.78, 5) is 14.1. The van der Waals surface area contributed by atoms with Crippen LogP contribution in [0.15, 0.2) is 51.7 Å². The Morgan fingerprint density at radius 3 is 2.55 bits per heavy atom. The Labute approximate surface area is 126 Å². The van der Waals surface area contributed by atoms with Crippen molar-refractivity contribution in [3.8, 4) is 0 Å². The highest BCUT2D eigenvalue weighted by Crippen LogP contribution is 2.19. The first-order chi connectivity index (χ1) is 9.59. The Hall–Kier alpha value is -1.59. The maximum Gasteiger partial charge on any atom is 0.255 e. The highest BCUT2D eigenvalue weighted by atomic mass is 79.9. The average molecular weight is 337 g/mol. The maximum absolute atomic E-state index is 12.1. The topological polar surface area (TPSA) is 45.5 Å². The van der Waals surface area contributed by atoms with E-state index in [1.54, 1.807) is 6.07 Å². The van der Waals surface area contributed by atoms with Crippen LogP contribution >= 0.6 is 15.9 Å². The van der Waals surface area contributed by atoms with Crippen LogP contribution in [0.4, 0.5) is 0 Å². The minimum Gasteiger partial charge on any atom is -0.457 e. The molecular formula is C15H17BrN2O2. The van der Waals surface area contributed by atoms with Gasteiger partial charge in [0.1, 0.15) is 0 Å². The number of nitrogens with zero attached hydrogens (tertiary/aromatic N) is 1. The molecule has 0 fully saturated rings. The second-order valence-corrected chi connectivity index (χ2v) is 5.43. The standard InChI is InChI=1S/C15H17BrN2O2/c1-18(2)13(11-6-4-3-5-7-11)10-17-15(19)12-8-9-20-14(12)16/h3-9,13H,10H2,1-2H3,(H,17,19). The van der Waals surface area contributed by atoms with Crippen LogP contribution in [0.5, 0.6) is 0 Å². The third-order valence-electron chi connectivity index (χ3n) is 3.13. The fourth-order valence-electron chi connectivity index (χ4n) is 2.01. The predicted molar refractivity (Wildman–Crippen MR) is 81.6 cm³/mol. The van der Waals surface area contributed by atoms with Crippen molar-refractivity contribution in [2.24, 2.45) is 0 Å². The van der Waals surface area contributed by atoms with Crippen molar-refractivity contribution < 1.29 is 9.21 Å². The van der Waals surface area contributed by atoms with Crippen LogP contribution in [0.3, 0.4) is 0 Å². The molecule has 0 aliphatic heterocycles. The molecule has 0 aliphatic rings. The zero-order chi connectivity index (χ0) is 14.5. The molecule has 20 heavy (non-hydrogen) atoms. The van der Waals surface area contributed by atoms with Crippen LogP contribution in [0, 0.1) is 0 Å². The van der Waals surface area contributed by atoms with Gasteiger partial charge in [0.15, 0.2) is 4.67 Å². The Kier molecular flexibility index (Phi) is 4.98. The lowest BCUT2D eigenvalue weighted by atomic mass is 10.1. The van der Waals surface area contributed by atoms with Gasteiger partial charge in [-0.3, -0.25) is 4.79 Å². The van der Waals surface area contributed by atoms with Crippen LogP contribution in [0.1, 0.15) is 22.0 Å². The molecule has 1 heterocycles. The van der Waals surface area contributed by atoms with E-state index < -0.39 is 0 Å². The summed E-state index contributed by atoms with van der Waals surface area (Å²) in [6, 6.07) is 11.9. The van der Waals surface area contributed by atoms with Crippen molar-refractivity contribution in [1.29, 1.82) is 0 Å². The van der Waals surface area contributed by atoms with Gasteiger partial charge in [-0.05, 0) is 41.7 Å². The first kappa shape index (κ1) is 14.8. The van der Waals surface area contributed by atoms with Gasteiger partial charge in [-0.25, -0.2) is 0 Å². The van der Waals surface area contributed by atoms with Gasteiger partial charge in [0, 0.05) is 6.54 Å². The molecule has 106 valence electrons. The number of halogens is 1. The minimum absolute atomic E-state index is 0.130. The third-order valence-corrected chi connectivity index (χ3v) is 3.74. The van der Waals surface area contributed by atoms with Gasteiger partial charge in [0.05, 0.1) is 17.9 Å². The van der Waals surface area contributed by atoms with E-state index in [1.807, 2.05) is 32.3 Å². The number of carbonyl (C=O) groups is 1. The van der Waals surface area contributed by atoms with Crippen molar-refractivity contribution in [2.75, 3.05) is 20.6 Å². The number of nitrogens with one attached hydrogen (secondary N) is 1. The number of hydrogen-bond acceptors (Lipinski definition) is 3. The van der Waals surface area contributed by atoms with Gasteiger partial charge in [0.2, 0.25) is 0 Å². The van der Waals surface area contributed by atoms with E-state index in [0.717, 1.165) is 0 Å². The summed E-state index contributed by atoms with van der Waals surface area (Å²) in [7, 11) is 4.00. The Balaban J connectivity index is 2.04. The molecule has 0 saturated carbocycles. The zero-order valence-corrected chi connectivity index (χ0v) is 13.1. The summed E-state index contributed by atoms with van der Waals surface area (Å²) in [5.74, 6) is -0.145. The molecule has 1 unspecified atom stereocenters. The lowest BCUT2D eigenvalue weighted by molar-refractivity contribution is 0.0940. The summed E-state index contributed by atoms with van der Waals surface area (Å²) < 4.78 is 5.52. The Bertz CT molecular complexity index is 566. The molecule has 2 rings (SSSR count). The van der Waals surface area contributed by atoms with E-state index in [4.69, 9.17) is 4.42 Å². The van der Waals surface area contributed by atoms with E-state index >= 15 is 0 Å². The molecule has 1 aromatic heterocycles. The van der Waals surface area contributed by atoms with Gasteiger partial charge in [-0.15, -0.1) is 0 Å². The largest absolute Gasteiger partial charge is 0.457 e. The summed E-state index contributed by atoms with van der Waals surface area (Å²) in [5.41, 5.74) is 1.68. The van der Waals surface area contributed by atoms with Crippen molar-refractivity contribution in [1.82, 2.24) is 10.2 Å². The van der Waals surface area contributed by atoms with Crippen LogP contribution in [-0.2, 0) is 0 Å². The number of benzene rings is 1. The molecule has 1 atom stereocenters. The Morgan fingerprint density at radius 2 is 2.00 bits per heavy atom. The lowest BCUT2D eigenvalue weighted by Gasteiger charge is -2.25. The lowest BCUT2D eigenvalue weighted by Crippen LogP contribution is -2.34. The summed E-state index contributed by atoms with van der Waals surface area (Å²) >= 11 is 3.21. The first-order valence-electron chi connectivity index (χ1n) is 6.32. The van der Waals surface area contributed by atoms with Gasteiger partial charge in [-0.2, -0.15) is 0 Å². The van der Waals surface area contributed by atoms with Crippen LogP contribution in [0.25, 0.3) is 0 Å². The molecule has 0 bridgehead atoms. The summed E-state index contributed by atoms with van der Waals surface area (Å²) in [6.07, 6.45) is 1.49. The van der Waals surface area contributed by atoms with Crippen LogP contribution < -0.4 is 5.32 Å². The average Bonchev–Trinajstić information content (AvgIpc) is 2.86. The SMILES string of the molecule is CN(C)C(CNC(=O)c1ccoc1Br)c1ccccc1. The second kappa shape index (κ2) is 6.72. The van der Waals surface area contributed by atoms with E-state index in [2.05, 4.69) is 38.3 Å². The number of amides is 1. The maximum atomic E-state index is 12.1. The van der Waals surface area contributed by atoms with Crippen molar-refractivity contribution in [2.45, 2.75) is 6.04 Å². The Morgan fingerprint density at radius 1 is 1.30 bits per heavy atom. The fraction of sp³-hybridized carbons (Fsp3) is 0.267. The molecular weight excluding hydrogens is 320 g/mol. The number of hydrogen-bond donors (Lipinski definition) is 1. The normalized spacial score (nSPS) is 12.4. The molecule has 0 saturated heterocycles. The van der Waals surface area contributed by atoms with Gasteiger partial charge < -0.3 is 14.6 Å². The molecule has 4 nitrogen and oxygen atoms in total. The number of likely N-dealkylation sites (N-methyl/N-ethyl adjacent to an activating group) is 1.